The topological polar surface area (TPSA) is 55.1 Å². The van der Waals surface area contributed by atoms with Crippen LogP contribution in [0.1, 0.15) is 36.0 Å². The molecule has 0 aliphatic heterocycles. The second kappa shape index (κ2) is 7.65. The van der Waals surface area contributed by atoms with E-state index in [1.54, 1.807) is 24.3 Å². The van der Waals surface area contributed by atoms with Crippen LogP contribution in [0.2, 0.25) is 0 Å². The highest BCUT2D eigenvalue weighted by molar-refractivity contribution is 7.99. The molecule has 106 valence electrons. The molecule has 2 rings (SSSR count). The van der Waals surface area contributed by atoms with Crippen LogP contribution in [0.15, 0.2) is 24.3 Å². The van der Waals surface area contributed by atoms with Crippen molar-refractivity contribution in [1.82, 2.24) is 5.32 Å². The number of nitrogen functional groups attached to an aromatic ring is 1. The van der Waals surface area contributed by atoms with Gasteiger partial charge in [-0.05, 0) is 49.8 Å². The van der Waals surface area contributed by atoms with Crippen LogP contribution < -0.4 is 11.1 Å². The highest BCUT2D eigenvalue weighted by Gasteiger charge is 2.22. The fraction of sp³-hybridized carbons (Fsp3) is 0.500. The van der Waals surface area contributed by atoms with E-state index < -0.39 is 0 Å². The molecule has 1 amide bonds. The van der Waals surface area contributed by atoms with Crippen molar-refractivity contribution < 1.29 is 4.79 Å². The number of carbonyl (C=O) groups is 1. The van der Waals surface area contributed by atoms with Crippen LogP contribution in [0.5, 0.6) is 0 Å². The minimum atomic E-state index is 0. The van der Waals surface area contributed by atoms with Crippen LogP contribution in [0.3, 0.4) is 0 Å². The van der Waals surface area contributed by atoms with Gasteiger partial charge in [-0.3, -0.25) is 4.79 Å². The van der Waals surface area contributed by atoms with E-state index in [2.05, 4.69) is 11.6 Å². The molecule has 19 heavy (non-hydrogen) atoms. The van der Waals surface area contributed by atoms with Gasteiger partial charge in [0.2, 0.25) is 0 Å². The summed E-state index contributed by atoms with van der Waals surface area (Å²) in [4.78, 5) is 12.1. The Hall–Kier alpha value is -0.870. The maximum Gasteiger partial charge on any atom is 0.251 e. The van der Waals surface area contributed by atoms with E-state index in [-0.39, 0.29) is 18.3 Å². The van der Waals surface area contributed by atoms with Gasteiger partial charge in [0.15, 0.2) is 0 Å². The highest BCUT2D eigenvalue weighted by Crippen LogP contribution is 2.27. The van der Waals surface area contributed by atoms with Gasteiger partial charge in [-0.1, -0.05) is 6.42 Å². The fourth-order valence-electron chi connectivity index (χ4n) is 2.39. The third kappa shape index (κ3) is 4.62. The van der Waals surface area contributed by atoms with Crippen LogP contribution in [0.25, 0.3) is 0 Å². The Kier molecular flexibility index (Phi) is 6.52. The van der Waals surface area contributed by atoms with E-state index in [1.807, 2.05) is 11.8 Å². The van der Waals surface area contributed by atoms with Gasteiger partial charge in [0.1, 0.15) is 0 Å². The standard InChI is InChI=1S/C14H20N2OS.ClH/c1-18-13-4-2-3-12(9-13)16-14(17)10-5-7-11(15)8-6-10;/h5-8,12-13H,2-4,9,15H2,1H3,(H,16,17);1H. The molecule has 0 radical (unpaired) electrons. The summed E-state index contributed by atoms with van der Waals surface area (Å²) in [7, 11) is 0. The van der Waals surface area contributed by atoms with Crippen molar-refractivity contribution in [2.45, 2.75) is 37.0 Å². The Morgan fingerprint density at radius 2 is 2.00 bits per heavy atom. The lowest BCUT2D eigenvalue weighted by atomic mass is 9.94. The predicted molar refractivity (Wildman–Crippen MR) is 85.1 cm³/mol. The quantitative estimate of drug-likeness (QED) is 0.844. The van der Waals surface area contributed by atoms with E-state index >= 15 is 0 Å². The van der Waals surface area contributed by atoms with E-state index in [9.17, 15) is 4.79 Å². The van der Waals surface area contributed by atoms with Crippen molar-refractivity contribution in [3.05, 3.63) is 29.8 Å². The second-order valence-corrected chi connectivity index (χ2v) is 5.95. The highest BCUT2D eigenvalue weighted by atomic mass is 35.5. The summed E-state index contributed by atoms with van der Waals surface area (Å²) in [5, 5.41) is 3.82. The smallest absolute Gasteiger partial charge is 0.251 e. The zero-order valence-electron chi connectivity index (χ0n) is 11.1. The van der Waals surface area contributed by atoms with E-state index in [4.69, 9.17) is 5.73 Å². The number of rotatable bonds is 3. The maximum atomic E-state index is 12.1. The number of nitrogens with one attached hydrogen (secondary N) is 1. The molecule has 1 aliphatic rings. The zero-order chi connectivity index (χ0) is 13.0. The number of hydrogen-bond acceptors (Lipinski definition) is 3. The first-order valence-corrected chi connectivity index (χ1v) is 7.67. The number of carbonyl (C=O) groups excluding carboxylic acids is 1. The summed E-state index contributed by atoms with van der Waals surface area (Å²) < 4.78 is 0. The van der Waals surface area contributed by atoms with E-state index in [0.717, 1.165) is 12.8 Å². The van der Waals surface area contributed by atoms with Gasteiger partial charge in [0.25, 0.3) is 5.91 Å². The Morgan fingerprint density at radius 1 is 1.32 bits per heavy atom. The van der Waals surface area contributed by atoms with E-state index in [0.29, 0.717) is 22.5 Å². The van der Waals surface area contributed by atoms with Crippen LogP contribution in [-0.2, 0) is 0 Å². The van der Waals surface area contributed by atoms with Gasteiger partial charge >= 0.3 is 0 Å². The molecule has 1 fully saturated rings. The minimum absolute atomic E-state index is 0. The lowest BCUT2D eigenvalue weighted by Crippen LogP contribution is -2.39. The molecule has 1 aliphatic carbocycles. The first-order chi connectivity index (χ1) is 8.69. The summed E-state index contributed by atoms with van der Waals surface area (Å²) in [6.07, 6.45) is 6.81. The van der Waals surface area contributed by atoms with Crippen LogP contribution >= 0.6 is 24.2 Å². The molecular formula is C14H21ClN2OS. The Labute approximate surface area is 125 Å². The summed E-state index contributed by atoms with van der Waals surface area (Å²) in [6.45, 7) is 0. The van der Waals surface area contributed by atoms with Gasteiger partial charge in [-0.25, -0.2) is 0 Å². The average Bonchev–Trinajstić information content (AvgIpc) is 2.39. The van der Waals surface area contributed by atoms with Crippen LogP contribution in [0.4, 0.5) is 5.69 Å². The molecule has 0 spiro atoms. The molecule has 3 nitrogen and oxygen atoms in total. The first-order valence-electron chi connectivity index (χ1n) is 6.38. The summed E-state index contributed by atoms with van der Waals surface area (Å²) in [5.74, 6) is 0.0155. The average molecular weight is 301 g/mol. The largest absolute Gasteiger partial charge is 0.399 e. The van der Waals surface area contributed by atoms with E-state index in [1.165, 1.54) is 12.8 Å². The Morgan fingerprint density at radius 3 is 2.63 bits per heavy atom. The van der Waals surface area contributed by atoms with Gasteiger partial charge in [-0.15, -0.1) is 12.4 Å². The van der Waals surface area contributed by atoms with Crippen LogP contribution in [-0.4, -0.2) is 23.5 Å². The second-order valence-electron chi connectivity index (χ2n) is 4.82. The fourth-order valence-corrected chi connectivity index (χ4v) is 3.22. The Bertz CT molecular complexity index is 410. The molecule has 1 saturated carbocycles. The summed E-state index contributed by atoms with van der Waals surface area (Å²) in [5.41, 5.74) is 6.99. The molecule has 2 atom stereocenters. The van der Waals surface area contributed by atoms with Crippen molar-refractivity contribution in [3.8, 4) is 0 Å². The molecule has 0 saturated heterocycles. The van der Waals surface area contributed by atoms with Gasteiger partial charge in [-0.2, -0.15) is 11.8 Å². The third-order valence-corrected chi connectivity index (χ3v) is 4.56. The molecule has 1 aromatic carbocycles. The molecule has 0 bridgehead atoms. The maximum absolute atomic E-state index is 12.1. The molecule has 5 heteroatoms. The van der Waals surface area contributed by atoms with Crippen molar-refractivity contribution >= 4 is 35.8 Å². The number of thioether (sulfide) groups is 1. The number of amides is 1. The van der Waals surface area contributed by atoms with Gasteiger partial charge in [0.05, 0.1) is 0 Å². The van der Waals surface area contributed by atoms with Gasteiger partial charge in [0, 0.05) is 22.5 Å². The molecule has 3 N–H and O–H groups in total. The zero-order valence-corrected chi connectivity index (χ0v) is 12.7. The monoisotopic (exact) mass is 300 g/mol. The number of benzene rings is 1. The normalized spacial score (nSPS) is 22.4. The van der Waals surface area contributed by atoms with Crippen LogP contribution in [0, 0.1) is 0 Å². The SMILES string of the molecule is CSC1CCCC(NC(=O)c2ccc(N)cc2)C1.Cl. The lowest BCUT2D eigenvalue weighted by Gasteiger charge is -2.28. The molecule has 0 heterocycles. The van der Waals surface area contributed by atoms with Crippen molar-refractivity contribution in [2.24, 2.45) is 0 Å². The minimum Gasteiger partial charge on any atom is -0.399 e. The number of halogens is 1. The van der Waals surface area contributed by atoms with Crippen molar-refractivity contribution in [1.29, 1.82) is 0 Å². The third-order valence-electron chi connectivity index (χ3n) is 3.47. The summed E-state index contributed by atoms with van der Waals surface area (Å²) >= 11 is 1.91. The summed E-state index contributed by atoms with van der Waals surface area (Å²) in [6, 6.07) is 7.40. The molecular weight excluding hydrogens is 280 g/mol. The lowest BCUT2D eigenvalue weighted by molar-refractivity contribution is 0.0928. The van der Waals surface area contributed by atoms with Crippen molar-refractivity contribution in [3.63, 3.8) is 0 Å². The first kappa shape index (κ1) is 16.2. The van der Waals surface area contributed by atoms with Crippen molar-refractivity contribution in [2.75, 3.05) is 12.0 Å². The van der Waals surface area contributed by atoms with Gasteiger partial charge < -0.3 is 11.1 Å². The number of nitrogens with two attached hydrogens (primary N) is 1. The molecule has 0 aromatic heterocycles. The molecule has 2 unspecified atom stereocenters. The molecule has 1 aromatic rings. The predicted octanol–water partition coefficient (Wildman–Crippen LogP) is 3.09. The Balaban J connectivity index is 0.00000180. The number of anilines is 1. The number of hydrogen-bond donors (Lipinski definition) is 2.